The van der Waals surface area contributed by atoms with Crippen LogP contribution in [0.3, 0.4) is 0 Å². The van der Waals surface area contributed by atoms with Crippen LogP contribution in [0.2, 0.25) is 5.02 Å². The van der Waals surface area contributed by atoms with Crippen molar-refractivity contribution in [2.24, 2.45) is 10.7 Å². The molecule has 1 spiro atoms. The van der Waals surface area contributed by atoms with Crippen molar-refractivity contribution in [1.29, 1.82) is 0 Å². The topological polar surface area (TPSA) is 111 Å². The number of carbonyl (C=O) groups is 1. The number of hydrogen-bond donors (Lipinski definition) is 2. The SMILES string of the molecule is NC1=N[C@H](c2sc(C(=O)NCc3cnoc3)cc2Cl)CS(=O)C12CCCCC2. The van der Waals surface area contributed by atoms with Gasteiger partial charge in [-0.05, 0) is 18.9 Å². The summed E-state index contributed by atoms with van der Waals surface area (Å²) in [5.74, 6) is 0.629. The average molecular weight is 441 g/mol. The van der Waals surface area contributed by atoms with Gasteiger partial charge in [0.15, 0.2) is 0 Å². The van der Waals surface area contributed by atoms with E-state index in [9.17, 15) is 9.00 Å². The predicted molar refractivity (Wildman–Crippen MR) is 110 cm³/mol. The van der Waals surface area contributed by atoms with E-state index in [0.29, 0.717) is 28.0 Å². The Kier molecular flexibility index (Phi) is 5.57. The van der Waals surface area contributed by atoms with Gasteiger partial charge in [0, 0.05) is 27.8 Å². The molecular formula is C18H21ClN4O3S2. The minimum Gasteiger partial charge on any atom is -0.386 e. The number of nitrogens with zero attached hydrogens (tertiary/aromatic N) is 2. The summed E-state index contributed by atoms with van der Waals surface area (Å²) in [5.41, 5.74) is 7.08. The van der Waals surface area contributed by atoms with E-state index in [4.69, 9.17) is 21.9 Å². The number of aliphatic imine (C=N–C) groups is 1. The van der Waals surface area contributed by atoms with Gasteiger partial charge in [0.2, 0.25) is 0 Å². The fourth-order valence-corrected chi connectivity index (χ4v) is 7.19. The maximum atomic E-state index is 13.1. The summed E-state index contributed by atoms with van der Waals surface area (Å²) >= 11 is 7.66. The smallest absolute Gasteiger partial charge is 0.261 e. The summed E-state index contributed by atoms with van der Waals surface area (Å²) in [4.78, 5) is 18.3. The van der Waals surface area contributed by atoms with Crippen LogP contribution in [0.25, 0.3) is 0 Å². The van der Waals surface area contributed by atoms with Gasteiger partial charge in [0.25, 0.3) is 5.91 Å². The first-order valence-electron chi connectivity index (χ1n) is 9.17. The molecule has 2 aliphatic rings. The molecule has 0 bridgehead atoms. The van der Waals surface area contributed by atoms with Crippen LogP contribution in [0.1, 0.15) is 58.3 Å². The van der Waals surface area contributed by atoms with Crippen molar-refractivity contribution in [3.05, 3.63) is 38.9 Å². The van der Waals surface area contributed by atoms with Gasteiger partial charge in [-0.2, -0.15) is 0 Å². The minimum absolute atomic E-state index is 0.239. The molecule has 1 fully saturated rings. The van der Waals surface area contributed by atoms with Crippen LogP contribution in [0, 0.1) is 0 Å². The number of aromatic nitrogens is 1. The molecule has 4 rings (SSSR count). The number of amides is 1. The highest BCUT2D eigenvalue weighted by molar-refractivity contribution is 7.87. The zero-order chi connectivity index (χ0) is 19.7. The lowest BCUT2D eigenvalue weighted by molar-refractivity contribution is 0.0955. The van der Waals surface area contributed by atoms with E-state index in [1.807, 2.05) is 0 Å². The molecule has 150 valence electrons. The number of rotatable bonds is 4. The Labute approximate surface area is 174 Å². The van der Waals surface area contributed by atoms with Crippen LogP contribution in [0.15, 0.2) is 28.0 Å². The molecule has 1 amide bonds. The van der Waals surface area contributed by atoms with Gasteiger partial charge in [-0.25, -0.2) is 0 Å². The molecule has 1 aliphatic heterocycles. The van der Waals surface area contributed by atoms with Crippen LogP contribution in [-0.2, 0) is 17.3 Å². The van der Waals surface area contributed by atoms with Gasteiger partial charge in [-0.3, -0.25) is 14.0 Å². The van der Waals surface area contributed by atoms with Crippen molar-refractivity contribution < 1.29 is 13.5 Å². The van der Waals surface area contributed by atoms with E-state index >= 15 is 0 Å². The fourth-order valence-electron chi connectivity index (χ4n) is 3.79. The Bertz CT molecular complexity index is 919. The van der Waals surface area contributed by atoms with Crippen LogP contribution in [0.5, 0.6) is 0 Å². The zero-order valence-electron chi connectivity index (χ0n) is 15.2. The largest absolute Gasteiger partial charge is 0.386 e. The Morgan fingerprint density at radius 3 is 2.89 bits per heavy atom. The Morgan fingerprint density at radius 2 is 2.21 bits per heavy atom. The average Bonchev–Trinajstić information content (AvgIpc) is 3.34. The molecule has 2 atom stereocenters. The molecule has 3 N–H and O–H groups in total. The molecule has 7 nitrogen and oxygen atoms in total. The Balaban J connectivity index is 1.52. The zero-order valence-corrected chi connectivity index (χ0v) is 17.5. The number of hydrogen-bond acceptors (Lipinski definition) is 7. The van der Waals surface area contributed by atoms with Gasteiger partial charge in [-0.1, -0.05) is 36.0 Å². The third kappa shape index (κ3) is 3.62. The molecule has 1 saturated carbocycles. The molecule has 0 saturated heterocycles. The summed E-state index contributed by atoms with van der Waals surface area (Å²) in [5, 5.41) is 6.86. The first-order valence-corrected chi connectivity index (χ1v) is 11.7. The molecule has 10 heteroatoms. The minimum atomic E-state index is -1.11. The second-order valence-corrected chi connectivity index (χ2v) is 10.4. The first-order chi connectivity index (χ1) is 13.5. The second-order valence-electron chi connectivity index (χ2n) is 7.14. The van der Waals surface area contributed by atoms with Crippen LogP contribution in [-0.4, -0.2) is 31.6 Å². The predicted octanol–water partition coefficient (Wildman–Crippen LogP) is 3.18. The van der Waals surface area contributed by atoms with Crippen molar-refractivity contribution in [2.45, 2.75) is 49.4 Å². The number of carbonyl (C=O) groups excluding carboxylic acids is 1. The third-order valence-electron chi connectivity index (χ3n) is 5.34. The van der Waals surface area contributed by atoms with Crippen molar-refractivity contribution in [1.82, 2.24) is 10.5 Å². The Hall–Kier alpha value is -1.71. The number of thiophene rings is 1. The lowest BCUT2D eigenvalue weighted by atomic mass is 9.87. The number of amidine groups is 1. The van der Waals surface area contributed by atoms with Crippen molar-refractivity contribution in [3.63, 3.8) is 0 Å². The van der Waals surface area contributed by atoms with Crippen LogP contribution < -0.4 is 11.1 Å². The van der Waals surface area contributed by atoms with Gasteiger partial charge < -0.3 is 15.6 Å². The van der Waals surface area contributed by atoms with Crippen LogP contribution >= 0.6 is 22.9 Å². The van der Waals surface area contributed by atoms with E-state index in [-0.39, 0.29) is 11.9 Å². The van der Waals surface area contributed by atoms with E-state index < -0.39 is 15.5 Å². The standard InChI is InChI=1S/C18H21ClN4O3S2/c19-12-6-14(16(24)21-7-11-8-22-26-9-11)27-15(12)13-10-28(25)18(17(20)23-13)4-2-1-3-5-18/h6,8-9,13H,1-5,7,10H2,(H2,20,23)(H,21,24)/t13-,28?/m0/s1. The summed E-state index contributed by atoms with van der Waals surface area (Å²) in [7, 11) is -1.11. The third-order valence-corrected chi connectivity index (χ3v) is 9.11. The van der Waals surface area contributed by atoms with E-state index in [2.05, 4.69) is 15.5 Å². The highest BCUT2D eigenvalue weighted by atomic mass is 35.5. The van der Waals surface area contributed by atoms with E-state index in [1.54, 1.807) is 12.3 Å². The molecule has 3 heterocycles. The summed E-state index contributed by atoms with van der Waals surface area (Å²) < 4.78 is 17.3. The van der Waals surface area contributed by atoms with Gasteiger partial charge in [0.1, 0.15) is 16.8 Å². The highest BCUT2D eigenvalue weighted by Gasteiger charge is 2.46. The van der Waals surface area contributed by atoms with Crippen LogP contribution in [0.4, 0.5) is 0 Å². The van der Waals surface area contributed by atoms with Gasteiger partial charge in [-0.15, -0.1) is 11.3 Å². The molecule has 0 aromatic carbocycles. The molecule has 2 aromatic rings. The highest BCUT2D eigenvalue weighted by Crippen LogP contribution is 2.42. The quantitative estimate of drug-likeness (QED) is 0.758. The molecule has 0 radical (unpaired) electrons. The first kappa shape index (κ1) is 19.6. The van der Waals surface area contributed by atoms with Crippen molar-refractivity contribution in [3.8, 4) is 0 Å². The molecule has 1 aliphatic carbocycles. The lowest BCUT2D eigenvalue weighted by Crippen LogP contribution is -2.53. The summed E-state index contributed by atoms with van der Waals surface area (Å²) in [6.45, 7) is 0.314. The van der Waals surface area contributed by atoms with Gasteiger partial charge >= 0.3 is 0 Å². The molecular weight excluding hydrogens is 420 g/mol. The number of halogens is 1. The van der Waals surface area contributed by atoms with E-state index in [0.717, 1.165) is 42.5 Å². The Morgan fingerprint density at radius 1 is 1.43 bits per heavy atom. The normalized spacial score (nSPS) is 24.1. The second kappa shape index (κ2) is 7.96. The monoisotopic (exact) mass is 440 g/mol. The molecule has 1 unspecified atom stereocenters. The molecule has 28 heavy (non-hydrogen) atoms. The fraction of sp³-hybridized carbons (Fsp3) is 0.500. The van der Waals surface area contributed by atoms with Crippen molar-refractivity contribution >= 4 is 45.5 Å². The maximum absolute atomic E-state index is 13.1. The lowest BCUT2D eigenvalue weighted by Gasteiger charge is -2.39. The number of nitrogens with one attached hydrogen (secondary N) is 1. The van der Waals surface area contributed by atoms with E-state index in [1.165, 1.54) is 17.6 Å². The number of nitrogens with two attached hydrogens (primary N) is 1. The summed E-state index contributed by atoms with van der Waals surface area (Å²) in [6, 6.07) is 1.26. The maximum Gasteiger partial charge on any atom is 0.261 e. The summed E-state index contributed by atoms with van der Waals surface area (Å²) in [6.07, 6.45) is 7.89. The molecule has 2 aromatic heterocycles. The van der Waals surface area contributed by atoms with Crippen molar-refractivity contribution in [2.75, 3.05) is 5.75 Å². The van der Waals surface area contributed by atoms with Gasteiger partial charge in [0.05, 0.1) is 27.9 Å².